The van der Waals surface area contributed by atoms with Crippen LogP contribution in [0.25, 0.3) is 11.3 Å². The Morgan fingerprint density at radius 3 is 2.61 bits per heavy atom. The fourth-order valence-electron chi connectivity index (χ4n) is 4.10. The van der Waals surface area contributed by atoms with Gasteiger partial charge in [-0.25, -0.2) is 4.98 Å². The van der Waals surface area contributed by atoms with Gasteiger partial charge < -0.3 is 19.3 Å². The Morgan fingerprint density at radius 2 is 1.90 bits per heavy atom. The Bertz CT molecular complexity index is 1020. The summed E-state index contributed by atoms with van der Waals surface area (Å²) < 4.78 is 11.5. The van der Waals surface area contributed by atoms with Crippen LogP contribution in [0, 0.1) is 6.92 Å². The van der Waals surface area contributed by atoms with Crippen LogP contribution in [-0.2, 0) is 11.2 Å². The van der Waals surface area contributed by atoms with Gasteiger partial charge in [0.1, 0.15) is 0 Å². The molecule has 3 aromatic rings. The summed E-state index contributed by atoms with van der Waals surface area (Å²) >= 11 is 0. The smallest absolute Gasteiger partial charge is 0.213 e. The van der Waals surface area contributed by atoms with Crippen molar-refractivity contribution < 1.29 is 9.47 Å². The van der Waals surface area contributed by atoms with E-state index in [4.69, 9.17) is 14.5 Å². The highest BCUT2D eigenvalue weighted by atomic mass is 16.5. The van der Waals surface area contributed by atoms with Crippen LogP contribution in [0.2, 0.25) is 0 Å². The van der Waals surface area contributed by atoms with Crippen molar-refractivity contribution in [1.29, 1.82) is 0 Å². The van der Waals surface area contributed by atoms with Crippen molar-refractivity contribution in [2.75, 3.05) is 50.7 Å². The molecule has 4 rings (SSSR count). The third-order valence-corrected chi connectivity index (χ3v) is 5.74. The highest BCUT2D eigenvalue weighted by molar-refractivity contribution is 5.77. The lowest BCUT2D eigenvalue weighted by Gasteiger charge is -2.35. The van der Waals surface area contributed by atoms with Crippen LogP contribution in [0.5, 0.6) is 5.88 Å². The second kappa shape index (κ2) is 9.40. The zero-order valence-electron chi connectivity index (χ0n) is 18.8. The van der Waals surface area contributed by atoms with E-state index in [0.717, 1.165) is 42.1 Å². The molecule has 0 N–H and O–H groups in total. The molecular weight excluding hydrogens is 386 g/mol. The van der Waals surface area contributed by atoms with Crippen molar-refractivity contribution in [3.63, 3.8) is 0 Å². The van der Waals surface area contributed by atoms with Gasteiger partial charge >= 0.3 is 0 Å². The lowest BCUT2D eigenvalue weighted by atomic mass is 10.0. The Morgan fingerprint density at radius 1 is 1.10 bits per heavy atom. The van der Waals surface area contributed by atoms with Crippen molar-refractivity contribution in [3.8, 4) is 17.1 Å². The van der Waals surface area contributed by atoms with Gasteiger partial charge in [0, 0.05) is 50.9 Å². The lowest BCUT2D eigenvalue weighted by Crippen LogP contribution is -2.43. The normalized spacial score (nSPS) is 16.3. The molecule has 2 heterocycles. The van der Waals surface area contributed by atoms with E-state index in [1.165, 1.54) is 11.1 Å². The van der Waals surface area contributed by atoms with E-state index < -0.39 is 0 Å². The summed E-state index contributed by atoms with van der Waals surface area (Å²) in [5, 5.41) is 0. The van der Waals surface area contributed by atoms with Crippen molar-refractivity contribution >= 4 is 11.4 Å². The maximum Gasteiger partial charge on any atom is 0.213 e. The largest absolute Gasteiger partial charge is 0.481 e. The van der Waals surface area contributed by atoms with Gasteiger partial charge in [-0.2, -0.15) is 0 Å². The summed E-state index contributed by atoms with van der Waals surface area (Å²) in [6, 6.07) is 21.3. The van der Waals surface area contributed by atoms with Gasteiger partial charge in [-0.15, -0.1) is 0 Å². The molecule has 162 valence electrons. The first kappa shape index (κ1) is 21.2. The van der Waals surface area contributed by atoms with Crippen LogP contribution in [0.4, 0.5) is 11.4 Å². The molecule has 0 radical (unpaired) electrons. The number of ether oxygens (including phenoxy) is 2. The van der Waals surface area contributed by atoms with E-state index in [-0.39, 0.29) is 6.10 Å². The Labute approximate surface area is 185 Å². The zero-order chi connectivity index (χ0) is 21.8. The highest BCUT2D eigenvalue weighted by Gasteiger charge is 2.24. The van der Waals surface area contributed by atoms with Crippen molar-refractivity contribution in [1.82, 2.24) is 4.98 Å². The van der Waals surface area contributed by atoms with Gasteiger partial charge in [0.2, 0.25) is 5.88 Å². The average molecular weight is 418 g/mol. The third kappa shape index (κ3) is 5.00. The van der Waals surface area contributed by atoms with Gasteiger partial charge in [0.05, 0.1) is 31.2 Å². The number of methoxy groups -OCH3 is 1. The van der Waals surface area contributed by atoms with Crippen LogP contribution >= 0.6 is 0 Å². The number of aryl methyl sites for hydroxylation is 1. The van der Waals surface area contributed by atoms with Gasteiger partial charge in [-0.05, 0) is 30.7 Å². The maximum atomic E-state index is 6.11. The van der Waals surface area contributed by atoms with E-state index in [1.54, 1.807) is 7.11 Å². The fraction of sp³-hybridized carbons (Fsp3) is 0.346. The number of morpholine rings is 1. The van der Waals surface area contributed by atoms with Crippen LogP contribution in [0.3, 0.4) is 0 Å². The standard InChI is InChI=1S/C26H31N3O2/c1-19-6-5-7-20(16-19)17-23-18-29(14-15-31-23)24-12-13-25(30-4)27-26(24)21-8-10-22(11-9-21)28(2)3/h5-13,16,23H,14-15,17-18H2,1-4H3. The molecule has 1 atom stereocenters. The third-order valence-electron chi connectivity index (χ3n) is 5.74. The summed E-state index contributed by atoms with van der Waals surface area (Å²) in [4.78, 5) is 9.31. The van der Waals surface area contributed by atoms with Crippen LogP contribution in [0.1, 0.15) is 11.1 Å². The van der Waals surface area contributed by atoms with Crippen molar-refractivity contribution in [2.45, 2.75) is 19.4 Å². The quantitative estimate of drug-likeness (QED) is 0.587. The fourth-order valence-corrected chi connectivity index (χ4v) is 4.10. The average Bonchev–Trinajstić information content (AvgIpc) is 2.79. The number of rotatable bonds is 6. The van der Waals surface area contributed by atoms with Gasteiger partial charge in [-0.3, -0.25) is 0 Å². The summed E-state index contributed by atoms with van der Waals surface area (Å²) in [7, 11) is 5.76. The first-order valence-corrected chi connectivity index (χ1v) is 10.8. The van der Waals surface area contributed by atoms with Gasteiger partial charge in [-0.1, -0.05) is 42.0 Å². The van der Waals surface area contributed by atoms with E-state index in [2.05, 4.69) is 71.3 Å². The highest BCUT2D eigenvalue weighted by Crippen LogP contribution is 2.33. The molecule has 0 amide bonds. The number of nitrogens with zero attached hydrogens (tertiary/aromatic N) is 3. The molecule has 1 unspecified atom stereocenters. The molecule has 1 fully saturated rings. The summed E-state index contributed by atoms with van der Waals surface area (Å²) in [6.07, 6.45) is 1.07. The minimum Gasteiger partial charge on any atom is -0.481 e. The molecule has 5 nitrogen and oxygen atoms in total. The molecule has 5 heteroatoms. The number of hydrogen-bond donors (Lipinski definition) is 0. The van der Waals surface area contributed by atoms with Crippen molar-refractivity contribution in [2.24, 2.45) is 0 Å². The Balaban J connectivity index is 1.60. The summed E-state index contributed by atoms with van der Waals surface area (Å²) in [5.41, 5.74) is 6.92. The summed E-state index contributed by atoms with van der Waals surface area (Å²) in [5.74, 6) is 0.625. The minimum atomic E-state index is 0.154. The first-order chi connectivity index (χ1) is 15.0. The van der Waals surface area contributed by atoms with Crippen molar-refractivity contribution in [3.05, 3.63) is 71.8 Å². The SMILES string of the molecule is COc1ccc(N2CCOC(Cc3cccc(C)c3)C2)c(-c2ccc(N(C)C)cc2)n1. The molecule has 2 aromatic carbocycles. The predicted octanol–water partition coefficient (Wildman–Crippen LogP) is 4.58. The molecule has 1 aliphatic heterocycles. The molecular formula is C26H31N3O2. The van der Waals surface area contributed by atoms with Crippen LogP contribution < -0.4 is 14.5 Å². The van der Waals surface area contributed by atoms with E-state index in [1.807, 2.05) is 20.2 Å². The second-order valence-corrected chi connectivity index (χ2v) is 8.29. The first-order valence-electron chi connectivity index (χ1n) is 10.8. The van der Waals surface area contributed by atoms with Crippen LogP contribution in [-0.4, -0.2) is 52.0 Å². The molecule has 0 bridgehead atoms. The molecule has 1 saturated heterocycles. The molecule has 0 aliphatic carbocycles. The molecule has 31 heavy (non-hydrogen) atoms. The molecule has 0 spiro atoms. The van der Waals surface area contributed by atoms with Crippen LogP contribution in [0.15, 0.2) is 60.7 Å². The molecule has 1 aromatic heterocycles. The monoisotopic (exact) mass is 417 g/mol. The van der Waals surface area contributed by atoms with E-state index in [0.29, 0.717) is 12.5 Å². The van der Waals surface area contributed by atoms with E-state index in [9.17, 15) is 0 Å². The summed E-state index contributed by atoms with van der Waals surface area (Å²) in [6.45, 7) is 4.53. The predicted molar refractivity (Wildman–Crippen MR) is 127 cm³/mol. The van der Waals surface area contributed by atoms with Gasteiger partial charge in [0.25, 0.3) is 0 Å². The van der Waals surface area contributed by atoms with Gasteiger partial charge in [0.15, 0.2) is 0 Å². The number of pyridine rings is 1. The maximum absolute atomic E-state index is 6.11. The molecule has 1 aliphatic rings. The second-order valence-electron chi connectivity index (χ2n) is 8.29. The number of anilines is 2. The van der Waals surface area contributed by atoms with E-state index >= 15 is 0 Å². The Kier molecular flexibility index (Phi) is 6.42. The zero-order valence-corrected chi connectivity index (χ0v) is 18.8. The molecule has 0 saturated carbocycles. The Hall–Kier alpha value is -3.05. The number of hydrogen-bond acceptors (Lipinski definition) is 5. The minimum absolute atomic E-state index is 0.154. The number of aromatic nitrogens is 1. The number of benzene rings is 2. The topological polar surface area (TPSA) is 37.8 Å². The lowest BCUT2D eigenvalue weighted by molar-refractivity contribution is 0.0411.